The van der Waals surface area contributed by atoms with Gasteiger partial charge in [0.25, 0.3) is 0 Å². The molecule has 1 fully saturated rings. The largest absolute Gasteiger partial charge is 0.352 e. The molecule has 132 valence electrons. The van der Waals surface area contributed by atoms with Gasteiger partial charge in [0, 0.05) is 32.4 Å². The Labute approximate surface area is 149 Å². The van der Waals surface area contributed by atoms with Crippen molar-refractivity contribution in [3.63, 3.8) is 0 Å². The predicted octanol–water partition coefficient (Wildman–Crippen LogP) is 2.82. The monoisotopic (exact) mass is 357 g/mol. The van der Waals surface area contributed by atoms with Crippen molar-refractivity contribution in [2.24, 2.45) is 0 Å². The van der Waals surface area contributed by atoms with Crippen LogP contribution in [0, 0.1) is 0 Å². The summed E-state index contributed by atoms with van der Waals surface area (Å²) in [6, 6.07) is 12.0. The van der Waals surface area contributed by atoms with Crippen LogP contribution in [0.15, 0.2) is 47.5 Å². The number of pyridine rings is 1. The van der Waals surface area contributed by atoms with Crippen LogP contribution in [0.1, 0.15) is 30.4 Å². The van der Waals surface area contributed by atoms with E-state index in [0.29, 0.717) is 18.0 Å². The Morgan fingerprint density at radius 2 is 1.64 bits per heavy atom. The van der Waals surface area contributed by atoms with E-state index in [0.717, 1.165) is 44.6 Å². The summed E-state index contributed by atoms with van der Waals surface area (Å²) in [5.74, 6) is 0.840. The Kier molecular flexibility index (Phi) is 4.48. The van der Waals surface area contributed by atoms with Crippen LogP contribution in [0.5, 0.6) is 0 Å². The van der Waals surface area contributed by atoms with Crippen LogP contribution in [0.3, 0.4) is 0 Å². The zero-order chi connectivity index (χ0) is 17.3. The lowest BCUT2D eigenvalue weighted by atomic mass is 10.00. The number of hydrogen-bond acceptors (Lipinski definition) is 4. The van der Waals surface area contributed by atoms with Crippen molar-refractivity contribution in [1.82, 2.24) is 9.29 Å². The maximum Gasteiger partial charge on any atom is 0.244 e. The van der Waals surface area contributed by atoms with Crippen LogP contribution < -0.4 is 4.90 Å². The maximum atomic E-state index is 12.7. The molecule has 3 heterocycles. The summed E-state index contributed by atoms with van der Waals surface area (Å²) in [6.45, 7) is 2.96. The van der Waals surface area contributed by atoms with Gasteiger partial charge in [-0.15, -0.1) is 0 Å². The van der Waals surface area contributed by atoms with Crippen LogP contribution in [0.4, 0.5) is 5.82 Å². The number of nitrogens with zero attached hydrogens (tertiary/aromatic N) is 3. The molecule has 4 rings (SSSR count). The molecule has 0 N–H and O–H groups in total. The highest BCUT2D eigenvalue weighted by Gasteiger charge is 2.26. The number of benzene rings is 1. The van der Waals surface area contributed by atoms with Crippen LogP contribution in [-0.2, 0) is 23.0 Å². The molecule has 5 nitrogen and oxygen atoms in total. The van der Waals surface area contributed by atoms with Crippen LogP contribution in [0.25, 0.3) is 0 Å². The summed E-state index contributed by atoms with van der Waals surface area (Å²) in [4.78, 5) is 6.97. The first-order valence-electron chi connectivity index (χ1n) is 8.92. The highest BCUT2D eigenvalue weighted by Crippen LogP contribution is 2.25. The molecule has 1 aromatic carbocycles. The lowest BCUT2D eigenvalue weighted by Crippen LogP contribution is -2.35. The van der Waals surface area contributed by atoms with Gasteiger partial charge in [-0.25, -0.2) is 13.4 Å². The molecule has 2 aliphatic rings. The topological polar surface area (TPSA) is 53.5 Å². The SMILES string of the molecule is O=S(=O)(c1ccc(N2CCc3ccccc3C2)nc1)N1CCCCC1. The van der Waals surface area contributed by atoms with Gasteiger partial charge in [0.1, 0.15) is 10.7 Å². The summed E-state index contributed by atoms with van der Waals surface area (Å²) in [6.07, 6.45) is 5.50. The molecule has 1 aromatic heterocycles. The Balaban J connectivity index is 1.53. The van der Waals surface area contributed by atoms with Crippen molar-refractivity contribution in [2.75, 3.05) is 24.5 Å². The molecule has 2 aliphatic heterocycles. The summed E-state index contributed by atoms with van der Waals surface area (Å²) in [5.41, 5.74) is 2.71. The van der Waals surface area contributed by atoms with Gasteiger partial charge in [0.2, 0.25) is 10.0 Å². The predicted molar refractivity (Wildman–Crippen MR) is 98.0 cm³/mol. The lowest BCUT2D eigenvalue weighted by Gasteiger charge is -2.30. The van der Waals surface area contributed by atoms with E-state index in [4.69, 9.17) is 0 Å². The first kappa shape index (κ1) is 16.5. The van der Waals surface area contributed by atoms with E-state index in [2.05, 4.69) is 34.1 Å². The molecule has 2 aromatic rings. The van der Waals surface area contributed by atoms with Gasteiger partial charge in [0.15, 0.2) is 0 Å². The zero-order valence-electron chi connectivity index (χ0n) is 14.3. The average Bonchev–Trinajstić information content (AvgIpc) is 2.68. The molecule has 0 saturated carbocycles. The summed E-state index contributed by atoms with van der Waals surface area (Å²) < 4.78 is 27.0. The van der Waals surface area contributed by atoms with Crippen molar-refractivity contribution >= 4 is 15.8 Å². The lowest BCUT2D eigenvalue weighted by molar-refractivity contribution is 0.346. The van der Waals surface area contributed by atoms with E-state index in [1.54, 1.807) is 10.4 Å². The number of piperidine rings is 1. The van der Waals surface area contributed by atoms with Gasteiger partial charge in [-0.2, -0.15) is 4.31 Å². The summed E-state index contributed by atoms with van der Waals surface area (Å²) in [7, 11) is -3.41. The summed E-state index contributed by atoms with van der Waals surface area (Å²) >= 11 is 0. The van der Waals surface area contributed by atoms with Gasteiger partial charge in [-0.05, 0) is 42.5 Å². The van der Waals surface area contributed by atoms with Crippen LogP contribution in [0.2, 0.25) is 0 Å². The fourth-order valence-electron chi connectivity index (χ4n) is 3.66. The number of hydrogen-bond donors (Lipinski definition) is 0. The van der Waals surface area contributed by atoms with Crippen molar-refractivity contribution in [3.05, 3.63) is 53.7 Å². The third-order valence-electron chi connectivity index (χ3n) is 5.13. The molecule has 0 radical (unpaired) electrons. The maximum absolute atomic E-state index is 12.7. The Hall–Kier alpha value is -1.92. The Bertz CT molecular complexity index is 843. The minimum absolute atomic E-state index is 0.301. The van der Waals surface area contributed by atoms with Crippen molar-refractivity contribution in [2.45, 2.75) is 37.1 Å². The molecule has 0 spiro atoms. The van der Waals surface area contributed by atoms with Gasteiger partial charge in [-0.1, -0.05) is 30.7 Å². The minimum Gasteiger partial charge on any atom is -0.352 e. The van der Waals surface area contributed by atoms with Crippen LogP contribution in [-0.4, -0.2) is 37.3 Å². The molecule has 0 amide bonds. The average molecular weight is 357 g/mol. The number of anilines is 1. The standard InChI is InChI=1S/C19H23N3O2S/c23-25(24,22-11-4-1-5-12-22)18-8-9-19(20-14-18)21-13-10-16-6-2-3-7-17(16)15-21/h2-3,6-9,14H,1,4-5,10-13,15H2. The van der Waals surface area contributed by atoms with E-state index in [-0.39, 0.29) is 0 Å². The zero-order valence-corrected chi connectivity index (χ0v) is 15.1. The minimum atomic E-state index is -3.41. The highest BCUT2D eigenvalue weighted by atomic mass is 32.2. The molecule has 0 aliphatic carbocycles. The Morgan fingerprint density at radius 3 is 2.36 bits per heavy atom. The Morgan fingerprint density at radius 1 is 0.880 bits per heavy atom. The smallest absolute Gasteiger partial charge is 0.244 e. The third kappa shape index (κ3) is 3.28. The van der Waals surface area contributed by atoms with Crippen molar-refractivity contribution < 1.29 is 8.42 Å². The van der Waals surface area contributed by atoms with Gasteiger partial charge in [0.05, 0.1) is 0 Å². The van der Waals surface area contributed by atoms with Crippen molar-refractivity contribution in [3.8, 4) is 0 Å². The molecular formula is C19H23N3O2S. The van der Waals surface area contributed by atoms with Gasteiger partial charge < -0.3 is 4.90 Å². The number of rotatable bonds is 3. The second-order valence-electron chi connectivity index (χ2n) is 6.76. The quantitative estimate of drug-likeness (QED) is 0.848. The summed E-state index contributed by atoms with van der Waals surface area (Å²) in [5, 5.41) is 0. The second kappa shape index (κ2) is 6.77. The highest BCUT2D eigenvalue weighted by molar-refractivity contribution is 7.89. The van der Waals surface area contributed by atoms with Crippen molar-refractivity contribution in [1.29, 1.82) is 0 Å². The molecule has 0 atom stereocenters. The molecule has 0 unspecified atom stereocenters. The number of aromatic nitrogens is 1. The van der Waals surface area contributed by atoms with E-state index in [1.807, 2.05) is 6.07 Å². The fraction of sp³-hybridized carbons (Fsp3) is 0.421. The number of sulfonamides is 1. The second-order valence-corrected chi connectivity index (χ2v) is 8.70. The van der Waals surface area contributed by atoms with E-state index in [9.17, 15) is 8.42 Å². The molecule has 6 heteroatoms. The van der Waals surface area contributed by atoms with E-state index in [1.165, 1.54) is 17.3 Å². The normalized spacial score (nSPS) is 18.8. The number of fused-ring (bicyclic) bond motifs is 1. The third-order valence-corrected chi connectivity index (χ3v) is 7.01. The molecule has 1 saturated heterocycles. The van der Waals surface area contributed by atoms with Gasteiger partial charge in [-0.3, -0.25) is 0 Å². The van der Waals surface area contributed by atoms with E-state index >= 15 is 0 Å². The van der Waals surface area contributed by atoms with Crippen LogP contribution >= 0.6 is 0 Å². The first-order chi connectivity index (χ1) is 12.1. The first-order valence-corrected chi connectivity index (χ1v) is 10.4. The molecular weight excluding hydrogens is 334 g/mol. The van der Waals surface area contributed by atoms with E-state index < -0.39 is 10.0 Å². The molecule has 25 heavy (non-hydrogen) atoms. The van der Waals surface area contributed by atoms with Gasteiger partial charge >= 0.3 is 0 Å². The molecule has 0 bridgehead atoms. The fourth-order valence-corrected chi connectivity index (χ4v) is 5.12.